The molecule has 0 aromatic heterocycles. The number of nitrogens with one attached hydrogen (secondary N) is 2. The molecule has 0 bridgehead atoms. The SMILES string of the molecule is CC(C)=CC(=O)Nc1ccc(C)c(S(=O)(=O)Nc2cccc(C)c2)c1. The molecule has 0 unspecified atom stereocenters. The van der Waals surface area contributed by atoms with Crippen molar-refractivity contribution in [2.45, 2.75) is 32.6 Å². The molecule has 6 heteroatoms. The third-order valence-electron chi connectivity index (χ3n) is 3.44. The number of benzene rings is 2. The van der Waals surface area contributed by atoms with Gasteiger partial charge in [0.2, 0.25) is 5.91 Å². The lowest BCUT2D eigenvalue weighted by Crippen LogP contribution is -2.15. The Balaban J connectivity index is 2.32. The van der Waals surface area contributed by atoms with Crippen molar-refractivity contribution in [3.05, 3.63) is 65.2 Å². The van der Waals surface area contributed by atoms with Gasteiger partial charge in [0.05, 0.1) is 4.90 Å². The first kappa shape index (κ1) is 18.7. The first-order valence-corrected chi connectivity index (χ1v) is 9.32. The Morgan fingerprint density at radius 2 is 1.72 bits per heavy atom. The molecule has 0 aliphatic rings. The van der Waals surface area contributed by atoms with Gasteiger partial charge in [-0.25, -0.2) is 8.42 Å². The molecular formula is C19H22N2O3S. The van der Waals surface area contributed by atoms with Crippen LogP contribution in [0.25, 0.3) is 0 Å². The molecule has 0 fully saturated rings. The average molecular weight is 358 g/mol. The van der Waals surface area contributed by atoms with E-state index >= 15 is 0 Å². The van der Waals surface area contributed by atoms with E-state index < -0.39 is 10.0 Å². The molecule has 0 radical (unpaired) electrons. The van der Waals surface area contributed by atoms with Gasteiger partial charge in [0, 0.05) is 17.5 Å². The highest BCUT2D eigenvalue weighted by Crippen LogP contribution is 2.23. The Hall–Kier alpha value is -2.60. The van der Waals surface area contributed by atoms with Gasteiger partial charge in [-0.15, -0.1) is 0 Å². The maximum atomic E-state index is 12.7. The molecule has 2 aromatic carbocycles. The molecule has 132 valence electrons. The number of anilines is 2. The summed E-state index contributed by atoms with van der Waals surface area (Å²) in [4.78, 5) is 12.0. The average Bonchev–Trinajstić information content (AvgIpc) is 2.47. The lowest BCUT2D eigenvalue weighted by Gasteiger charge is -2.12. The molecule has 0 saturated carbocycles. The van der Waals surface area contributed by atoms with Gasteiger partial charge in [0.1, 0.15) is 0 Å². The zero-order valence-corrected chi connectivity index (χ0v) is 15.6. The second-order valence-corrected chi connectivity index (χ2v) is 7.82. The highest BCUT2D eigenvalue weighted by atomic mass is 32.2. The van der Waals surface area contributed by atoms with E-state index in [1.54, 1.807) is 37.3 Å². The summed E-state index contributed by atoms with van der Waals surface area (Å²) in [7, 11) is -3.76. The third-order valence-corrected chi connectivity index (χ3v) is 4.96. The topological polar surface area (TPSA) is 75.3 Å². The predicted octanol–water partition coefficient (Wildman–Crippen LogP) is 4.01. The van der Waals surface area contributed by atoms with Crippen LogP contribution in [-0.4, -0.2) is 14.3 Å². The summed E-state index contributed by atoms with van der Waals surface area (Å²) in [6, 6.07) is 11.9. The molecule has 2 aromatic rings. The molecule has 2 rings (SSSR count). The number of amides is 1. The normalized spacial score (nSPS) is 10.9. The molecule has 2 N–H and O–H groups in total. The van der Waals surface area contributed by atoms with E-state index in [-0.39, 0.29) is 10.8 Å². The van der Waals surface area contributed by atoms with Crippen molar-refractivity contribution in [2.24, 2.45) is 0 Å². The summed E-state index contributed by atoms with van der Waals surface area (Å²) < 4.78 is 28.0. The number of aryl methyl sites for hydroxylation is 2. The lowest BCUT2D eigenvalue weighted by atomic mass is 10.2. The van der Waals surface area contributed by atoms with E-state index in [4.69, 9.17) is 0 Å². The van der Waals surface area contributed by atoms with E-state index in [0.29, 0.717) is 16.9 Å². The van der Waals surface area contributed by atoms with Crippen LogP contribution in [0.2, 0.25) is 0 Å². The number of hydrogen-bond acceptors (Lipinski definition) is 3. The second kappa shape index (κ2) is 7.53. The minimum atomic E-state index is -3.76. The van der Waals surface area contributed by atoms with Crippen molar-refractivity contribution in [1.29, 1.82) is 0 Å². The van der Waals surface area contributed by atoms with Crippen LogP contribution in [-0.2, 0) is 14.8 Å². The van der Waals surface area contributed by atoms with Crippen molar-refractivity contribution < 1.29 is 13.2 Å². The van der Waals surface area contributed by atoms with Crippen molar-refractivity contribution >= 4 is 27.3 Å². The molecule has 1 amide bonds. The van der Waals surface area contributed by atoms with Crippen LogP contribution in [0.1, 0.15) is 25.0 Å². The summed E-state index contributed by atoms with van der Waals surface area (Å²) in [5.74, 6) is -0.293. The first-order valence-electron chi connectivity index (χ1n) is 7.83. The highest BCUT2D eigenvalue weighted by molar-refractivity contribution is 7.92. The Morgan fingerprint density at radius 1 is 1.00 bits per heavy atom. The lowest BCUT2D eigenvalue weighted by molar-refractivity contribution is -0.111. The number of allylic oxidation sites excluding steroid dienone is 1. The molecule has 25 heavy (non-hydrogen) atoms. The number of hydrogen-bond donors (Lipinski definition) is 2. The zero-order chi connectivity index (χ0) is 18.6. The minimum Gasteiger partial charge on any atom is -0.322 e. The molecule has 0 spiro atoms. The van der Waals surface area contributed by atoms with Crippen molar-refractivity contribution in [1.82, 2.24) is 0 Å². The minimum absolute atomic E-state index is 0.129. The standard InChI is InChI=1S/C19H22N2O3S/c1-13(2)10-19(22)20-16-9-8-15(4)18(12-16)25(23,24)21-17-7-5-6-14(3)11-17/h5-12,21H,1-4H3,(H,20,22). The maximum absolute atomic E-state index is 12.7. The molecule has 0 aliphatic heterocycles. The monoisotopic (exact) mass is 358 g/mol. The summed E-state index contributed by atoms with van der Waals surface area (Å²) in [6.07, 6.45) is 1.46. The summed E-state index contributed by atoms with van der Waals surface area (Å²) in [6.45, 7) is 7.24. The molecule has 0 heterocycles. The molecule has 0 aliphatic carbocycles. The van der Waals surface area contributed by atoms with Gasteiger partial charge in [0.25, 0.3) is 10.0 Å². The van der Waals surface area contributed by atoms with Crippen LogP contribution in [0.3, 0.4) is 0 Å². The molecule has 0 saturated heterocycles. The molecule has 0 atom stereocenters. The van der Waals surface area contributed by atoms with Crippen LogP contribution in [0.5, 0.6) is 0 Å². The largest absolute Gasteiger partial charge is 0.322 e. The van der Waals surface area contributed by atoms with E-state index in [1.165, 1.54) is 12.1 Å². The molecular weight excluding hydrogens is 336 g/mol. The van der Waals surface area contributed by atoms with Crippen LogP contribution < -0.4 is 10.0 Å². The van der Waals surface area contributed by atoms with Gasteiger partial charge < -0.3 is 5.32 Å². The quantitative estimate of drug-likeness (QED) is 0.793. The third kappa shape index (κ3) is 5.19. The number of carbonyl (C=O) groups excluding carboxylic acids is 1. The van der Waals surface area contributed by atoms with Crippen LogP contribution in [0, 0.1) is 13.8 Å². The Labute approximate surface area is 148 Å². The highest BCUT2D eigenvalue weighted by Gasteiger charge is 2.18. The summed E-state index contributed by atoms with van der Waals surface area (Å²) >= 11 is 0. The van der Waals surface area contributed by atoms with Crippen LogP contribution in [0.4, 0.5) is 11.4 Å². The van der Waals surface area contributed by atoms with E-state index in [9.17, 15) is 13.2 Å². The predicted molar refractivity (Wildman–Crippen MR) is 101 cm³/mol. The summed E-state index contributed by atoms with van der Waals surface area (Å²) in [5.41, 5.74) is 3.34. The number of rotatable bonds is 5. The molecule has 5 nitrogen and oxygen atoms in total. The Kier molecular flexibility index (Phi) is 5.64. The first-order chi connectivity index (χ1) is 11.7. The van der Waals surface area contributed by atoms with E-state index in [0.717, 1.165) is 11.1 Å². The zero-order valence-electron chi connectivity index (χ0n) is 14.8. The Bertz CT molecular complexity index is 927. The van der Waals surface area contributed by atoms with Gasteiger partial charge in [-0.1, -0.05) is 23.8 Å². The fraction of sp³-hybridized carbons (Fsp3) is 0.211. The fourth-order valence-corrected chi connectivity index (χ4v) is 3.65. The second-order valence-electron chi connectivity index (χ2n) is 6.17. The fourth-order valence-electron chi connectivity index (χ4n) is 2.33. The van der Waals surface area contributed by atoms with Gasteiger partial charge in [-0.05, 0) is 63.1 Å². The smallest absolute Gasteiger partial charge is 0.262 e. The number of sulfonamides is 1. The van der Waals surface area contributed by atoms with Gasteiger partial charge >= 0.3 is 0 Å². The maximum Gasteiger partial charge on any atom is 0.262 e. The van der Waals surface area contributed by atoms with Crippen molar-refractivity contribution in [2.75, 3.05) is 10.0 Å². The van der Waals surface area contributed by atoms with Crippen LogP contribution >= 0.6 is 0 Å². The van der Waals surface area contributed by atoms with Gasteiger partial charge in [-0.3, -0.25) is 9.52 Å². The number of carbonyl (C=O) groups is 1. The van der Waals surface area contributed by atoms with E-state index in [2.05, 4.69) is 10.0 Å². The van der Waals surface area contributed by atoms with Crippen LogP contribution in [0.15, 0.2) is 59.0 Å². The van der Waals surface area contributed by atoms with Crippen molar-refractivity contribution in [3.8, 4) is 0 Å². The Morgan fingerprint density at radius 3 is 2.36 bits per heavy atom. The van der Waals surface area contributed by atoms with Gasteiger partial charge in [0.15, 0.2) is 0 Å². The van der Waals surface area contributed by atoms with E-state index in [1.807, 2.05) is 26.8 Å². The van der Waals surface area contributed by atoms with Crippen molar-refractivity contribution in [3.63, 3.8) is 0 Å². The van der Waals surface area contributed by atoms with Gasteiger partial charge in [-0.2, -0.15) is 0 Å². The summed E-state index contributed by atoms with van der Waals surface area (Å²) in [5, 5.41) is 2.68.